The average molecular weight is 423 g/mol. The van der Waals surface area contributed by atoms with Crippen molar-refractivity contribution < 1.29 is 9.59 Å². The summed E-state index contributed by atoms with van der Waals surface area (Å²) in [4.78, 5) is 27.7. The minimum absolute atomic E-state index is 0.0258. The van der Waals surface area contributed by atoms with Gasteiger partial charge >= 0.3 is 0 Å². The molecule has 0 fully saturated rings. The molecule has 0 saturated carbocycles. The van der Waals surface area contributed by atoms with E-state index in [1.807, 2.05) is 41.3 Å². The van der Waals surface area contributed by atoms with E-state index in [1.54, 1.807) is 30.3 Å². The molecule has 0 radical (unpaired) electrons. The fourth-order valence-electron chi connectivity index (χ4n) is 3.30. The zero-order valence-corrected chi connectivity index (χ0v) is 17.2. The molecule has 0 aliphatic carbocycles. The fourth-order valence-corrected chi connectivity index (χ4v) is 4.34. The number of nitrogens with one attached hydrogen (secondary N) is 1. The Morgan fingerprint density at radius 3 is 2.48 bits per heavy atom. The number of nitrogens with zero attached hydrogens (tertiary/aromatic N) is 1. The summed E-state index contributed by atoms with van der Waals surface area (Å²) in [7, 11) is 0. The third-order valence-electron chi connectivity index (χ3n) is 4.74. The zero-order valence-electron chi connectivity index (χ0n) is 15.6. The zero-order chi connectivity index (χ0) is 20.2. The Morgan fingerprint density at radius 2 is 1.69 bits per heavy atom. The summed E-state index contributed by atoms with van der Waals surface area (Å²) in [6.07, 6.45) is 0.874. The summed E-state index contributed by atoms with van der Waals surface area (Å²) < 4.78 is 0. The minimum Gasteiger partial charge on any atom is -0.325 e. The molecule has 146 valence electrons. The normalized spacial score (nSPS) is 12.5. The highest BCUT2D eigenvalue weighted by molar-refractivity contribution is 8.00. The van der Waals surface area contributed by atoms with E-state index >= 15 is 0 Å². The third-order valence-corrected chi connectivity index (χ3v) is 6.26. The van der Waals surface area contributed by atoms with E-state index in [0.717, 1.165) is 17.0 Å². The van der Waals surface area contributed by atoms with Crippen LogP contribution in [-0.2, 0) is 11.2 Å². The lowest BCUT2D eigenvalue weighted by Gasteiger charge is -2.17. The van der Waals surface area contributed by atoms with Gasteiger partial charge in [0, 0.05) is 28.4 Å². The fraction of sp³-hybridized carbons (Fsp3) is 0.130. The van der Waals surface area contributed by atoms with Crippen LogP contribution in [0.3, 0.4) is 0 Å². The van der Waals surface area contributed by atoms with Crippen LogP contribution in [0.1, 0.15) is 15.9 Å². The second-order valence-electron chi connectivity index (χ2n) is 6.68. The summed E-state index contributed by atoms with van der Waals surface area (Å²) in [5, 5.41) is 3.49. The number of hydrogen-bond donors (Lipinski definition) is 1. The van der Waals surface area contributed by atoms with Crippen LogP contribution in [0.15, 0.2) is 77.7 Å². The number of fused-ring (bicyclic) bond motifs is 1. The highest BCUT2D eigenvalue weighted by Crippen LogP contribution is 2.29. The van der Waals surface area contributed by atoms with E-state index in [4.69, 9.17) is 11.6 Å². The number of thioether (sulfide) groups is 1. The second-order valence-corrected chi connectivity index (χ2v) is 8.10. The number of benzene rings is 3. The van der Waals surface area contributed by atoms with E-state index in [0.29, 0.717) is 22.8 Å². The summed E-state index contributed by atoms with van der Waals surface area (Å²) in [6.45, 7) is 0.690. The molecule has 6 heteroatoms. The van der Waals surface area contributed by atoms with Gasteiger partial charge in [-0.1, -0.05) is 41.9 Å². The summed E-state index contributed by atoms with van der Waals surface area (Å²) in [5.41, 5.74) is 3.44. The highest BCUT2D eigenvalue weighted by Gasteiger charge is 2.24. The van der Waals surface area contributed by atoms with Crippen LogP contribution in [0.25, 0.3) is 0 Å². The molecule has 0 spiro atoms. The predicted octanol–water partition coefficient (Wildman–Crippen LogP) is 5.27. The number of halogens is 1. The lowest BCUT2D eigenvalue weighted by atomic mass is 10.1. The highest BCUT2D eigenvalue weighted by atomic mass is 35.5. The Kier molecular flexibility index (Phi) is 5.88. The average Bonchev–Trinajstić information content (AvgIpc) is 3.17. The van der Waals surface area contributed by atoms with Crippen LogP contribution < -0.4 is 10.2 Å². The van der Waals surface area contributed by atoms with Crippen molar-refractivity contribution in [1.29, 1.82) is 0 Å². The largest absolute Gasteiger partial charge is 0.325 e. The molecule has 3 aromatic rings. The lowest BCUT2D eigenvalue weighted by molar-refractivity contribution is -0.113. The van der Waals surface area contributed by atoms with E-state index in [9.17, 15) is 9.59 Å². The van der Waals surface area contributed by atoms with Gasteiger partial charge in [0.1, 0.15) is 0 Å². The number of carbonyl (C=O) groups is 2. The summed E-state index contributed by atoms with van der Waals surface area (Å²) in [5.74, 6) is 0.110. The van der Waals surface area contributed by atoms with Crippen LogP contribution in [0, 0.1) is 0 Å². The van der Waals surface area contributed by atoms with Gasteiger partial charge in [0.2, 0.25) is 5.91 Å². The maximum absolute atomic E-state index is 12.9. The van der Waals surface area contributed by atoms with E-state index in [1.165, 1.54) is 17.3 Å². The number of hydrogen-bond acceptors (Lipinski definition) is 3. The molecule has 4 rings (SSSR count). The van der Waals surface area contributed by atoms with Crippen molar-refractivity contribution >= 4 is 46.6 Å². The van der Waals surface area contributed by atoms with E-state index in [2.05, 4.69) is 11.4 Å². The Hall–Kier alpha value is -2.76. The first-order chi connectivity index (χ1) is 14.1. The number of anilines is 2. The van der Waals surface area contributed by atoms with Crippen molar-refractivity contribution in [3.05, 3.63) is 88.9 Å². The molecule has 4 nitrogen and oxygen atoms in total. The Labute approximate surface area is 178 Å². The third kappa shape index (κ3) is 4.47. The Bertz CT molecular complexity index is 1050. The van der Waals surface area contributed by atoms with Gasteiger partial charge in [-0.05, 0) is 54.4 Å². The van der Waals surface area contributed by atoms with Crippen LogP contribution >= 0.6 is 23.4 Å². The van der Waals surface area contributed by atoms with E-state index < -0.39 is 0 Å². The molecular formula is C23H19ClN2O2S. The minimum atomic E-state index is -0.123. The molecule has 0 unspecified atom stereocenters. The van der Waals surface area contributed by atoms with Crippen molar-refractivity contribution in [2.75, 3.05) is 22.5 Å². The SMILES string of the molecule is O=C(CSc1ccccc1Cl)Nc1ccc(C(=O)N2CCc3ccccc32)cc1. The molecule has 1 aliphatic rings. The first-order valence-electron chi connectivity index (χ1n) is 9.29. The van der Waals surface area contributed by atoms with Crippen molar-refractivity contribution in [3.63, 3.8) is 0 Å². The molecule has 2 amide bonds. The number of carbonyl (C=O) groups excluding carboxylic acids is 2. The monoisotopic (exact) mass is 422 g/mol. The molecule has 29 heavy (non-hydrogen) atoms. The number of amides is 2. The van der Waals surface area contributed by atoms with Gasteiger partial charge in [0.05, 0.1) is 10.8 Å². The van der Waals surface area contributed by atoms with Gasteiger partial charge in [-0.15, -0.1) is 11.8 Å². The van der Waals surface area contributed by atoms with Gasteiger partial charge in [0.25, 0.3) is 5.91 Å². The van der Waals surface area contributed by atoms with Crippen LogP contribution in [0.5, 0.6) is 0 Å². The van der Waals surface area contributed by atoms with Crippen LogP contribution in [0.2, 0.25) is 5.02 Å². The summed E-state index contributed by atoms with van der Waals surface area (Å²) in [6, 6.07) is 22.4. The first kappa shape index (κ1) is 19.6. The maximum Gasteiger partial charge on any atom is 0.258 e. The number of rotatable bonds is 5. The molecular weight excluding hydrogens is 404 g/mol. The number of para-hydroxylation sites is 1. The summed E-state index contributed by atoms with van der Waals surface area (Å²) >= 11 is 7.50. The Morgan fingerprint density at radius 1 is 0.966 bits per heavy atom. The molecule has 0 atom stereocenters. The predicted molar refractivity (Wildman–Crippen MR) is 119 cm³/mol. The van der Waals surface area contributed by atoms with Gasteiger partial charge in [-0.25, -0.2) is 0 Å². The molecule has 1 N–H and O–H groups in total. The molecule has 0 saturated heterocycles. The molecule has 1 heterocycles. The topological polar surface area (TPSA) is 49.4 Å². The molecule has 0 bridgehead atoms. The molecule has 3 aromatic carbocycles. The van der Waals surface area contributed by atoms with Crippen molar-refractivity contribution in [1.82, 2.24) is 0 Å². The van der Waals surface area contributed by atoms with Crippen LogP contribution in [-0.4, -0.2) is 24.1 Å². The van der Waals surface area contributed by atoms with Gasteiger partial charge in [-0.2, -0.15) is 0 Å². The van der Waals surface area contributed by atoms with Crippen LogP contribution in [0.4, 0.5) is 11.4 Å². The molecule has 1 aliphatic heterocycles. The van der Waals surface area contributed by atoms with Crippen molar-refractivity contribution in [2.24, 2.45) is 0 Å². The van der Waals surface area contributed by atoms with Gasteiger partial charge in [0.15, 0.2) is 0 Å². The maximum atomic E-state index is 12.9. The van der Waals surface area contributed by atoms with Crippen molar-refractivity contribution in [2.45, 2.75) is 11.3 Å². The van der Waals surface area contributed by atoms with Crippen molar-refractivity contribution in [3.8, 4) is 0 Å². The van der Waals surface area contributed by atoms with E-state index in [-0.39, 0.29) is 17.6 Å². The lowest BCUT2D eigenvalue weighted by Crippen LogP contribution is -2.28. The smallest absolute Gasteiger partial charge is 0.258 e. The first-order valence-corrected chi connectivity index (χ1v) is 10.7. The second kappa shape index (κ2) is 8.72. The molecule has 0 aromatic heterocycles. The Balaban J connectivity index is 1.36. The van der Waals surface area contributed by atoms with Gasteiger partial charge < -0.3 is 10.2 Å². The van der Waals surface area contributed by atoms with Gasteiger partial charge in [-0.3, -0.25) is 9.59 Å². The quantitative estimate of drug-likeness (QED) is 0.569. The standard InChI is InChI=1S/C23H19ClN2O2S/c24-19-6-2-4-8-21(19)29-15-22(27)25-18-11-9-17(10-12-18)23(28)26-14-13-16-5-1-3-7-20(16)26/h1-12H,13-15H2,(H,25,27).